The van der Waals surface area contributed by atoms with E-state index in [1.807, 2.05) is 107 Å². The molecule has 0 radical (unpaired) electrons. The predicted molar refractivity (Wildman–Crippen MR) is 434 cm³/mol. The van der Waals surface area contributed by atoms with E-state index in [4.69, 9.17) is 67.9 Å². The van der Waals surface area contributed by atoms with E-state index in [2.05, 4.69) is 99.1 Å². The van der Waals surface area contributed by atoms with Crippen LogP contribution in [0.2, 0.25) is 0 Å². The summed E-state index contributed by atoms with van der Waals surface area (Å²) >= 11 is 7.31. The smallest absolute Gasteiger partial charge is 0.429 e. The number of allylic oxidation sites excluding steroid dienone is 2. The maximum atomic E-state index is 12.3. The number of carbonyl (C=O) groups excluding carboxylic acids is 4. The number of carbonyl (C=O) groups is 2. The highest BCUT2D eigenvalue weighted by atomic mass is 32.1. The second-order valence-corrected chi connectivity index (χ2v) is 28.6. The molecule has 0 bridgehead atoms. The number of aliphatic hydroxyl groups excluding tert-OH is 1. The third-order valence-electron chi connectivity index (χ3n) is 12.7. The van der Waals surface area contributed by atoms with Gasteiger partial charge < -0.3 is 78.5 Å². The highest BCUT2D eigenvalue weighted by molar-refractivity contribution is 7.54. The molecule has 1 atom stereocenters. The Morgan fingerprint density at radius 3 is 1.54 bits per heavy atom. The number of imide groups is 1. The van der Waals surface area contributed by atoms with Gasteiger partial charge in [0.25, 0.3) is 12.8 Å². The fourth-order valence-corrected chi connectivity index (χ4v) is 11.1. The first kappa shape index (κ1) is 98.8. The zero-order valence-corrected chi connectivity index (χ0v) is 68.1. The minimum atomic E-state index is -4.34. The van der Waals surface area contributed by atoms with E-state index in [-0.39, 0.29) is 54.6 Å². The standard InChI is InChI=1S/C16H21N3O3.C9H15N3OS.C9H12O.C7H10N2S.C6H11N4O4PS.C6H9N3OS.C5H7FN4OS.C5H8N4S.CO2.CH4/c1-4-18-9-10-19(15(21)12(18)3)16(22)17-11(2)13-5-7-14(20)8-6-13;1-6(12-13-9(2,3)4)7-5-14-8(10)11-7;1-7(2)8-3-5-9(10)6-4-8;1-3-5(2)6-4-10-7(8)9-6;1-3-14-8-4(2)5-7-6(16-10-5)9-15(11,12)13;1-4(8-3-10)5-2-11-6(7)9-5;1-3(9-11-2-6)4-8-5(7)12-10-4;1-3(7-2)4-8-5(6)10-9-4;2-1-3;/h5-8,11,20H,3-4,9-10H2,1-2H3,(H,17,22);5H,1-4H3,(H2,10,11);3-7,10H,1-2H3;3-4H,1-2H3,(H2,8,9);3H2,1-2H3,(H3,7,9,10,11,12,13);2,10H,3H2,1H3,(H2,7,9);2H2,1H3,(H2,7,8,10);1-2H3,(H2,6,8,9);;1H4/b;12-6+;;5-3+;8-4-;;9-3+;;;/t11-;;;;;;;;;/m1........./s1. The Morgan fingerprint density at radius 1 is 0.697 bits per heavy atom. The zero-order chi connectivity index (χ0) is 81.9. The maximum Gasteiger partial charge on any atom is 0.429 e. The number of likely N-dealkylation sites (N-methyl/N-ethyl adjacent to an activating group) is 1. The van der Waals surface area contributed by atoms with Crippen LogP contribution in [0.3, 0.4) is 0 Å². The molecule has 44 heteroatoms. The molecule has 8 aromatic rings. The number of halogens is 1. The molecule has 9 rings (SSSR count). The Morgan fingerprint density at radius 2 is 1.15 bits per heavy atom. The number of anilines is 6. The van der Waals surface area contributed by atoms with Crippen LogP contribution >= 0.6 is 76.4 Å². The summed E-state index contributed by atoms with van der Waals surface area (Å²) < 4.78 is 33.8. The van der Waals surface area contributed by atoms with Crippen molar-refractivity contribution in [3.63, 3.8) is 0 Å². The van der Waals surface area contributed by atoms with Gasteiger partial charge in [0, 0.05) is 77.4 Å². The van der Waals surface area contributed by atoms with Crippen LogP contribution in [0.25, 0.3) is 5.57 Å². The average molecular weight is 1650 g/mol. The normalized spacial score (nSPS) is 12.6. The summed E-state index contributed by atoms with van der Waals surface area (Å²) in [5, 5.41) is 50.7. The summed E-state index contributed by atoms with van der Waals surface area (Å²) in [6.07, 6.45) is 2.27. The summed E-state index contributed by atoms with van der Waals surface area (Å²) in [7, 11) is -2.64. The van der Waals surface area contributed by atoms with Gasteiger partial charge in [0.2, 0.25) is 5.13 Å². The molecular formula is C65H97FN23O13PS6. The third kappa shape index (κ3) is 40.5. The molecule has 2 aromatic carbocycles. The lowest BCUT2D eigenvalue weighted by molar-refractivity contribution is -0.191. The summed E-state index contributed by atoms with van der Waals surface area (Å²) in [6, 6.07) is 13.2. The molecule has 598 valence electrons. The van der Waals surface area contributed by atoms with Crippen LogP contribution in [0.1, 0.15) is 169 Å². The van der Waals surface area contributed by atoms with Crippen molar-refractivity contribution in [1.82, 2.24) is 58.1 Å². The lowest BCUT2D eigenvalue weighted by atomic mass is 10.0. The van der Waals surface area contributed by atoms with Crippen LogP contribution in [0.15, 0.2) is 108 Å². The molecule has 36 nitrogen and oxygen atoms in total. The van der Waals surface area contributed by atoms with Gasteiger partial charge in [-0.3, -0.25) is 24.8 Å². The molecule has 1 aliphatic heterocycles. The minimum absolute atomic E-state index is 0. The maximum absolute atomic E-state index is 12.3. The van der Waals surface area contributed by atoms with Crippen molar-refractivity contribution in [2.24, 2.45) is 25.5 Å². The van der Waals surface area contributed by atoms with E-state index in [9.17, 15) is 23.7 Å². The molecule has 6 aromatic heterocycles. The number of urea groups is 1. The lowest BCUT2D eigenvalue weighted by Gasteiger charge is -2.35. The van der Waals surface area contributed by atoms with Crippen LogP contribution in [0, 0.1) is 0 Å². The number of nitrogens with one attached hydrogen (secondary N) is 2. The SMILES string of the molecule is C.C/C(=N\OC(C)(C)C)c1csc(N)n1.C/C(=N\OCF)c1nsc(N)n1.C/C=C(\C)c1csc(N)n1.C=C1C(=O)N(C(=O)N[C@H](C)c2ccc(O)cc2)CCN1CC.CC(=NCO)c1csc(N)n1.CC(C)c1ccc(O)cc1.CCO/N=C(/C)c1nsc(NP(=O)(O)O)n1.CN=C(C)c1nsc(N)n1.O=C=O. The van der Waals surface area contributed by atoms with Crippen LogP contribution < -0.4 is 39.1 Å². The Hall–Kier alpha value is -10.2. The molecule has 0 aliphatic carbocycles. The first-order chi connectivity index (χ1) is 50.8. The number of piperazine rings is 1. The van der Waals surface area contributed by atoms with Crippen molar-refractivity contribution >= 4 is 159 Å². The van der Waals surface area contributed by atoms with Gasteiger partial charge in [-0.15, -0.1) is 34.0 Å². The number of benzene rings is 2. The molecule has 0 unspecified atom stereocenters. The first-order valence-electron chi connectivity index (χ1n) is 31.8. The summed E-state index contributed by atoms with van der Waals surface area (Å²) in [5.41, 5.74) is 36.0. The summed E-state index contributed by atoms with van der Waals surface area (Å²) in [5.74, 6) is 1.96. The molecule has 1 fully saturated rings. The number of phenolic OH excluding ortho intramolecular Hbond substituents is 2. The van der Waals surface area contributed by atoms with Crippen molar-refractivity contribution in [1.29, 1.82) is 0 Å². The monoisotopic (exact) mass is 1650 g/mol. The number of hydrogen-bond acceptors (Lipinski definition) is 37. The van der Waals surface area contributed by atoms with Crippen molar-refractivity contribution in [2.45, 2.75) is 129 Å². The number of amides is 3. The van der Waals surface area contributed by atoms with Crippen molar-refractivity contribution in [3.8, 4) is 11.5 Å². The quantitative estimate of drug-likeness (QED) is 0.0164. The molecule has 7 heterocycles. The lowest BCUT2D eigenvalue weighted by Crippen LogP contribution is -2.53. The number of nitrogens with zero attached hydrogens (tertiary/aromatic N) is 16. The first-order valence-corrected chi connectivity index (χ1v) is 38.3. The van der Waals surface area contributed by atoms with Gasteiger partial charge in [0.15, 0.2) is 43.1 Å². The number of aromatic hydroxyl groups is 2. The molecular weight excluding hydrogens is 1550 g/mol. The molecule has 1 aliphatic rings. The third-order valence-corrected chi connectivity index (χ3v) is 17.1. The van der Waals surface area contributed by atoms with E-state index >= 15 is 0 Å². The fourth-order valence-electron chi connectivity index (χ4n) is 6.99. The fraction of sp³-hybridized carbons (Fsp3) is 0.400. The largest absolute Gasteiger partial charge is 0.508 e. The van der Waals surface area contributed by atoms with Crippen molar-refractivity contribution in [3.05, 3.63) is 129 Å². The van der Waals surface area contributed by atoms with Gasteiger partial charge in [-0.2, -0.15) is 37.7 Å². The predicted octanol–water partition coefficient (Wildman–Crippen LogP) is 11.5. The number of aliphatic hydroxyl groups is 1. The van der Waals surface area contributed by atoms with Crippen LogP contribution in [-0.2, 0) is 33.5 Å². The summed E-state index contributed by atoms with van der Waals surface area (Å²) in [6.45, 7) is 33.0. The number of nitrogen functional groups attached to an aromatic ring is 5. The topological polar surface area (TPSA) is 553 Å². The van der Waals surface area contributed by atoms with Gasteiger partial charge in [0.05, 0.1) is 34.6 Å². The van der Waals surface area contributed by atoms with Crippen LogP contribution in [0.5, 0.6) is 11.5 Å². The van der Waals surface area contributed by atoms with E-state index in [0.29, 0.717) is 98.0 Å². The van der Waals surface area contributed by atoms with Crippen LogP contribution in [-0.4, -0.2) is 177 Å². The number of aromatic nitrogens is 9. The number of phenols is 2. The average Bonchev–Trinajstić information content (AvgIpc) is 1.79. The van der Waals surface area contributed by atoms with Crippen LogP contribution in [0.4, 0.5) is 40.0 Å². The molecule has 0 spiro atoms. The van der Waals surface area contributed by atoms with E-state index < -0.39 is 20.6 Å². The Kier molecular flexibility index (Phi) is 47.1. The molecule has 0 saturated carbocycles. The van der Waals surface area contributed by atoms with E-state index in [0.717, 1.165) is 57.1 Å². The minimum Gasteiger partial charge on any atom is -0.508 e. The highest BCUT2D eigenvalue weighted by Gasteiger charge is 2.32. The highest BCUT2D eigenvalue weighted by Crippen LogP contribution is 2.36. The van der Waals surface area contributed by atoms with E-state index in [1.54, 1.807) is 71.1 Å². The van der Waals surface area contributed by atoms with Gasteiger partial charge in [-0.05, 0) is 137 Å². The Balaban J connectivity index is 0.00000123. The molecule has 1 saturated heterocycles. The number of hydrogen-bond donors (Lipinski definition) is 12. The van der Waals surface area contributed by atoms with Crippen molar-refractivity contribution < 1.29 is 67.8 Å². The van der Waals surface area contributed by atoms with Gasteiger partial charge in [0.1, 0.15) is 53.3 Å². The van der Waals surface area contributed by atoms with Gasteiger partial charge in [-0.25, -0.2) is 28.7 Å². The number of oxime groups is 3. The van der Waals surface area contributed by atoms with Crippen molar-refractivity contribution in [2.75, 3.05) is 80.6 Å². The number of aliphatic imine (C=N–C) groups is 2. The number of rotatable bonds is 18. The zero-order valence-electron chi connectivity index (χ0n) is 62.4. The second kappa shape index (κ2) is 52.0. The van der Waals surface area contributed by atoms with E-state index in [1.165, 1.54) is 61.6 Å². The second-order valence-electron chi connectivity index (χ2n) is 22.3. The molecule has 109 heavy (non-hydrogen) atoms. The van der Waals surface area contributed by atoms with Gasteiger partial charge >= 0.3 is 19.9 Å². The number of thiazole rings is 3. The Bertz CT molecular complexity index is 4240. The number of nitrogens with two attached hydrogens (primary N) is 5. The summed E-state index contributed by atoms with van der Waals surface area (Å²) in [4.78, 5) is 107. The molecule has 17 N–H and O–H groups in total. The Labute approximate surface area is 656 Å². The van der Waals surface area contributed by atoms with Gasteiger partial charge in [-0.1, -0.05) is 73.7 Å². The molecule has 3 amide bonds. The number of alkyl halides is 1.